The second kappa shape index (κ2) is 8.55. The molecule has 0 fully saturated rings. The lowest BCUT2D eigenvalue weighted by Gasteiger charge is -1.92. The monoisotopic (exact) mass is 188 g/mol. The molecule has 0 atom stereocenters. The maximum Gasteiger partial charge on any atom is -0.0313 e. The van der Waals surface area contributed by atoms with E-state index in [0.29, 0.717) is 0 Å². The van der Waals surface area contributed by atoms with Crippen LogP contribution in [0.1, 0.15) is 38.5 Å². The van der Waals surface area contributed by atoms with Crippen LogP contribution < -0.4 is 0 Å². The van der Waals surface area contributed by atoms with E-state index in [0.717, 1.165) is 12.8 Å². The van der Waals surface area contributed by atoms with Gasteiger partial charge in [0.25, 0.3) is 0 Å². The molecule has 1 aliphatic carbocycles. The van der Waals surface area contributed by atoms with E-state index < -0.39 is 0 Å². The molecule has 0 unspecified atom stereocenters. The zero-order chi connectivity index (χ0) is 9.90. The standard InChI is InChI=1S/C14H20/c1-2-4-6-8-10-12-14-13-11-9-7-5-3-1/h1-4,9,11,13-14H,5-8,10,12H2/b3-1+,4-2?,11-9?,14-13?. The first-order valence-electron chi connectivity index (χ1n) is 5.63. The molecule has 0 nitrogen and oxygen atoms in total. The van der Waals surface area contributed by atoms with Crippen LogP contribution in [0.25, 0.3) is 0 Å². The summed E-state index contributed by atoms with van der Waals surface area (Å²) in [5.74, 6) is 0. The van der Waals surface area contributed by atoms with Crippen LogP contribution in [0.15, 0.2) is 48.6 Å². The third kappa shape index (κ3) is 6.47. The van der Waals surface area contributed by atoms with Gasteiger partial charge in [0.15, 0.2) is 0 Å². The van der Waals surface area contributed by atoms with Gasteiger partial charge >= 0.3 is 0 Å². The first kappa shape index (κ1) is 11.0. The van der Waals surface area contributed by atoms with E-state index in [1.165, 1.54) is 25.7 Å². The van der Waals surface area contributed by atoms with Crippen molar-refractivity contribution in [2.75, 3.05) is 0 Å². The fraction of sp³-hybridized carbons (Fsp3) is 0.429. The van der Waals surface area contributed by atoms with Crippen molar-refractivity contribution in [3.63, 3.8) is 0 Å². The van der Waals surface area contributed by atoms with E-state index in [-0.39, 0.29) is 0 Å². The van der Waals surface area contributed by atoms with Crippen molar-refractivity contribution in [1.29, 1.82) is 0 Å². The smallest absolute Gasteiger partial charge is 0.0313 e. The van der Waals surface area contributed by atoms with Gasteiger partial charge < -0.3 is 0 Å². The summed E-state index contributed by atoms with van der Waals surface area (Å²) in [5, 5.41) is 0. The number of rotatable bonds is 0. The molecule has 0 spiro atoms. The van der Waals surface area contributed by atoms with Gasteiger partial charge in [-0.25, -0.2) is 0 Å². The lowest BCUT2D eigenvalue weighted by molar-refractivity contribution is 0.762. The Morgan fingerprint density at radius 3 is 1.21 bits per heavy atom. The highest BCUT2D eigenvalue weighted by atomic mass is 13.9. The Morgan fingerprint density at radius 1 is 0.429 bits per heavy atom. The molecule has 0 saturated carbocycles. The summed E-state index contributed by atoms with van der Waals surface area (Å²) in [4.78, 5) is 0. The Hall–Kier alpha value is -1.04. The quantitative estimate of drug-likeness (QED) is 0.522. The van der Waals surface area contributed by atoms with Gasteiger partial charge in [0, 0.05) is 0 Å². The third-order valence-electron chi connectivity index (χ3n) is 2.26. The predicted molar refractivity (Wildman–Crippen MR) is 64.3 cm³/mol. The van der Waals surface area contributed by atoms with Gasteiger partial charge in [-0.3, -0.25) is 0 Å². The van der Waals surface area contributed by atoms with Crippen LogP contribution >= 0.6 is 0 Å². The van der Waals surface area contributed by atoms with Crippen molar-refractivity contribution < 1.29 is 0 Å². The molecule has 14 heavy (non-hydrogen) atoms. The SMILES string of the molecule is C1=CCC/C=C/C=CCCCCC=C1. The van der Waals surface area contributed by atoms with E-state index in [1.54, 1.807) is 0 Å². The fourth-order valence-electron chi connectivity index (χ4n) is 1.42. The number of allylic oxidation sites excluding steroid dienone is 8. The van der Waals surface area contributed by atoms with Gasteiger partial charge in [-0.15, -0.1) is 0 Å². The van der Waals surface area contributed by atoms with Crippen LogP contribution in [0.5, 0.6) is 0 Å². The molecule has 0 aromatic carbocycles. The van der Waals surface area contributed by atoms with Crippen molar-refractivity contribution >= 4 is 0 Å². The van der Waals surface area contributed by atoms with Gasteiger partial charge in [-0.1, -0.05) is 48.6 Å². The number of hydrogen-bond acceptors (Lipinski definition) is 0. The summed E-state index contributed by atoms with van der Waals surface area (Å²) in [6.07, 6.45) is 25.0. The van der Waals surface area contributed by atoms with Gasteiger partial charge in [0.2, 0.25) is 0 Å². The van der Waals surface area contributed by atoms with Gasteiger partial charge in [0.05, 0.1) is 0 Å². The highest BCUT2D eigenvalue weighted by molar-refractivity contribution is 5.05. The maximum atomic E-state index is 2.27. The van der Waals surface area contributed by atoms with Crippen LogP contribution in [-0.4, -0.2) is 0 Å². The highest BCUT2D eigenvalue weighted by Crippen LogP contribution is 2.03. The molecule has 0 aromatic rings. The highest BCUT2D eigenvalue weighted by Gasteiger charge is 1.83. The number of hydrogen-bond donors (Lipinski definition) is 0. The average Bonchev–Trinajstić information content (AvgIpc) is 2.22. The molecule has 0 heterocycles. The minimum Gasteiger partial charge on any atom is -0.0845 e. The molecular weight excluding hydrogens is 168 g/mol. The molecule has 76 valence electrons. The summed E-state index contributed by atoms with van der Waals surface area (Å²) < 4.78 is 0. The topological polar surface area (TPSA) is 0 Å². The largest absolute Gasteiger partial charge is 0.0845 e. The molecule has 1 rings (SSSR count). The third-order valence-corrected chi connectivity index (χ3v) is 2.26. The minimum absolute atomic E-state index is 1.15. The van der Waals surface area contributed by atoms with Crippen LogP contribution in [0.3, 0.4) is 0 Å². The van der Waals surface area contributed by atoms with Gasteiger partial charge in [-0.2, -0.15) is 0 Å². The van der Waals surface area contributed by atoms with E-state index in [4.69, 9.17) is 0 Å². The van der Waals surface area contributed by atoms with Crippen molar-refractivity contribution in [2.24, 2.45) is 0 Å². The van der Waals surface area contributed by atoms with Crippen molar-refractivity contribution in [3.05, 3.63) is 48.6 Å². The van der Waals surface area contributed by atoms with Crippen molar-refractivity contribution in [3.8, 4) is 0 Å². The summed E-state index contributed by atoms with van der Waals surface area (Å²) >= 11 is 0. The van der Waals surface area contributed by atoms with Gasteiger partial charge in [0.1, 0.15) is 0 Å². The minimum atomic E-state index is 1.15. The van der Waals surface area contributed by atoms with E-state index in [1.807, 2.05) is 0 Å². The summed E-state index contributed by atoms with van der Waals surface area (Å²) in [6, 6.07) is 0. The Bertz CT molecular complexity index is 202. The molecule has 0 saturated heterocycles. The second-order valence-corrected chi connectivity index (χ2v) is 3.57. The Kier molecular flexibility index (Phi) is 6.74. The molecule has 1 aliphatic rings. The van der Waals surface area contributed by atoms with Crippen LogP contribution in [0.2, 0.25) is 0 Å². The first-order valence-corrected chi connectivity index (χ1v) is 5.63. The maximum absolute atomic E-state index is 2.27. The Balaban J connectivity index is 2.34. The summed E-state index contributed by atoms with van der Waals surface area (Å²) in [5.41, 5.74) is 0. The fourth-order valence-corrected chi connectivity index (χ4v) is 1.42. The zero-order valence-electron chi connectivity index (χ0n) is 8.86. The van der Waals surface area contributed by atoms with Crippen LogP contribution in [-0.2, 0) is 0 Å². The average molecular weight is 188 g/mol. The zero-order valence-corrected chi connectivity index (χ0v) is 8.86. The molecule has 0 bridgehead atoms. The molecule has 0 aromatic heterocycles. The Labute approximate surface area is 87.7 Å². The van der Waals surface area contributed by atoms with E-state index in [9.17, 15) is 0 Å². The second-order valence-electron chi connectivity index (χ2n) is 3.57. The van der Waals surface area contributed by atoms with Crippen LogP contribution in [0, 0.1) is 0 Å². The molecule has 0 aliphatic heterocycles. The lowest BCUT2D eigenvalue weighted by atomic mass is 10.1. The summed E-state index contributed by atoms with van der Waals surface area (Å²) in [7, 11) is 0. The van der Waals surface area contributed by atoms with Crippen molar-refractivity contribution in [2.45, 2.75) is 38.5 Å². The molecule has 0 N–H and O–H groups in total. The first-order chi connectivity index (χ1) is 7.00. The normalized spacial score (nSPS) is 21.7. The molecule has 0 heteroatoms. The molecule has 0 amide bonds. The summed E-state index contributed by atoms with van der Waals surface area (Å²) in [6.45, 7) is 0. The van der Waals surface area contributed by atoms with E-state index >= 15 is 0 Å². The predicted octanol–water partition coefficient (Wildman–Crippen LogP) is 4.57. The van der Waals surface area contributed by atoms with E-state index in [2.05, 4.69) is 48.6 Å². The molecule has 0 radical (unpaired) electrons. The van der Waals surface area contributed by atoms with Gasteiger partial charge in [-0.05, 0) is 38.5 Å². The van der Waals surface area contributed by atoms with Crippen molar-refractivity contribution in [1.82, 2.24) is 0 Å². The molecular formula is C14H20. The Morgan fingerprint density at radius 2 is 0.786 bits per heavy atom. The van der Waals surface area contributed by atoms with Crippen LogP contribution in [0.4, 0.5) is 0 Å². The lowest BCUT2D eigenvalue weighted by Crippen LogP contribution is -1.72.